The third-order valence-corrected chi connectivity index (χ3v) is 6.11. The third-order valence-electron chi connectivity index (χ3n) is 6.11. The number of rotatable bonds is 9. The summed E-state index contributed by atoms with van der Waals surface area (Å²) in [5, 5.41) is 14.8. The van der Waals surface area contributed by atoms with E-state index in [0.717, 1.165) is 62.1 Å². The normalized spacial score (nSPS) is 13.5. The summed E-state index contributed by atoms with van der Waals surface area (Å²) in [6.45, 7) is 5.76. The monoisotopic (exact) mass is 538 g/mol. The highest BCUT2D eigenvalue weighted by Gasteiger charge is 2.21. The standard InChI is InChI=1S/C27H32N2O4.C2H2O4/c1-30-25-13-12-22(26(31-2)27(25)32-3)20-29-16-14-28(15-17-29)19-21-8-7-11-24(18-21)33-23-9-5-4-6-10-23;3-1(4)2(5)6/h4-13,18H,14-17,19-20H2,1-3H3;(H,3,4)(H,5,6). The molecule has 4 rings (SSSR count). The first-order valence-corrected chi connectivity index (χ1v) is 12.3. The van der Waals surface area contributed by atoms with Crippen LogP contribution in [0.15, 0.2) is 66.7 Å². The Balaban J connectivity index is 0.000000631. The second-order valence-electron chi connectivity index (χ2n) is 8.72. The average molecular weight is 539 g/mol. The number of ether oxygens (including phenoxy) is 4. The second kappa shape index (κ2) is 14.6. The molecule has 1 heterocycles. The first-order valence-electron chi connectivity index (χ1n) is 12.3. The lowest BCUT2D eigenvalue weighted by molar-refractivity contribution is -0.159. The van der Waals surface area contributed by atoms with Gasteiger partial charge in [0.15, 0.2) is 11.5 Å². The van der Waals surface area contributed by atoms with E-state index in [-0.39, 0.29) is 0 Å². The molecule has 0 aliphatic carbocycles. The molecule has 0 spiro atoms. The maximum absolute atomic E-state index is 9.10. The number of carboxylic acid groups (broad SMARTS) is 2. The van der Waals surface area contributed by atoms with Crippen LogP contribution < -0.4 is 18.9 Å². The molecule has 0 bridgehead atoms. The number of aliphatic carboxylic acids is 2. The van der Waals surface area contributed by atoms with Crippen LogP contribution in [0.25, 0.3) is 0 Å². The van der Waals surface area contributed by atoms with E-state index in [9.17, 15) is 0 Å². The minimum Gasteiger partial charge on any atom is -0.493 e. The molecule has 0 radical (unpaired) electrons. The molecule has 208 valence electrons. The lowest BCUT2D eigenvalue weighted by atomic mass is 10.1. The van der Waals surface area contributed by atoms with Crippen molar-refractivity contribution in [1.29, 1.82) is 0 Å². The molecule has 1 aliphatic heterocycles. The van der Waals surface area contributed by atoms with Gasteiger partial charge in [-0.15, -0.1) is 0 Å². The topological polar surface area (TPSA) is 118 Å². The number of hydrogen-bond acceptors (Lipinski definition) is 8. The highest BCUT2D eigenvalue weighted by molar-refractivity contribution is 6.27. The van der Waals surface area contributed by atoms with Gasteiger partial charge in [0.1, 0.15) is 11.5 Å². The fourth-order valence-electron chi connectivity index (χ4n) is 4.22. The number of para-hydroxylation sites is 1. The van der Waals surface area contributed by atoms with Gasteiger partial charge >= 0.3 is 11.9 Å². The Bertz CT molecular complexity index is 1220. The first kappa shape index (κ1) is 29.3. The molecule has 1 fully saturated rings. The van der Waals surface area contributed by atoms with Crippen molar-refractivity contribution in [2.75, 3.05) is 47.5 Å². The molecule has 1 aliphatic rings. The second-order valence-corrected chi connectivity index (χ2v) is 8.72. The summed E-state index contributed by atoms with van der Waals surface area (Å²) in [6.07, 6.45) is 0. The lowest BCUT2D eigenvalue weighted by Gasteiger charge is -2.35. The Hall–Kier alpha value is -4.28. The van der Waals surface area contributed by atoms with Gasteiger partial charge in [0, 0.05) is 44.8 Å². The van der Waals surface area contributed by atoms with Gasteiger partial charge in [-0.2, -0.15) is 0 Å². The van der Waals surface area contributed by atoms with Crippen molar-refractivity contribution in [2.45, 2.75) is 13.1 Å². The van der Waals surface area contributed by atoms with Crippen LogP contribution in [0.1, 0.15) is 11.1 Å². The zero-order chi connectivity index (χ0) is 28.2. The maximum Gasteiger partial charge on any atom is 0.414 e. The third kappa shape index (κ3) is 8.62. The summed E-state index contributed by atoms with van der Waals surface area (Å²) in [4.78, 5) is 23.1. The predicted molar refractivity (Wildman–Crippen MR) is 145 cm³/mol. The van der Waals surface area contributed by atoms with E-state index in [2.05, 4.69) is 34.1 Å². The largest absolute Gasteiger partial charge is 0.493 e. The predicted octanol–water partition coefficient (Wildman–Crippen LogP) is 3.98. The Kier molecular flexibility index (Phi) is 11.0. The van der Waals surface area contributed by atoms with E-state index in [1.54, 1.807) is 21.3 Å². The lowest BCUT2D eigenvalue weighted by Crippen LogP contribution is -2.45. The number of piperazine rings is 1. The van der Waals surface area contributed by atoms with Crippen molar-refractivity contribution < 1.29 is 38.7 Å². The van der Waals surface area contributed by atoms with Crippen LogP contribution in [0.2, 0.25) is 0 Å². The van der Waals surface area contributed by atoms with Crippen LogP contribution >= 0.6 is 0 Å². The van der Waals surface area contributed by atoms with Crippen LogP contribution in [-0.2, 0) is 22.7 Å². The summed E-state index contributed by atoms with van der Waals surface area (Å²) in [5.74, 6) is 0.154. The Morgan fingerprint density at radius 3 is 1.85 bits per heavy atom. The molecule has 0 saturated carbocycles. The fourth-order valence-corrected chi connectivity index (χ4v) is 4.22. The van der Waals surface area contributed by atoms with Crippen LogP contribution in [0.5, 0.6) is 28.7 Å². The average Bonchev–Trinajstić information content (AvgIpc) is 2.94. The number of carbonyl (C=O) groups is 2. The van der Waals surface area contributed by atoms with Crippen molar-refractivity contribution in [3.63, 3.8) is 0 Å². The van der Waals surface area contributed by atoms with Crippen LogP contribution in [0, 0.1) is 0 Å². The molecule has 0 atom stereocenters. The molecule has 3 aromatic carbocycles. The minimum atomic E-state index is -1.82. The summed E-state index contributed by atoms with van der Waals surface area (Å²) < 4.78 is 22.6. The van der Waals surface area contributed by atoms with Gasteiger partial charge in [0.2, 0.25) is 5.75 Å². The van der Waals surface area contributed by atoms with Crippen LogP contribution in [0.3, 0.4) is 0 Å². The zero-order valence-electron chi connectivity index (χ0n) is 22.3. The number of methoxy groups -OCH3 is 3. The van der Waals surface area contributed by atoms with Crippen molar-refractivity contribution in [2.24, 2.45) is 0 Å². The minimum absolute atomic E-state index is 0.647. The molecule has 1 saturated heterocycles. The Morgan fingerprint density at radius 2 is 1.28 bits per heavy atom. The fraction of sp³-hybridized carbons (Fsp3) is 0.310. The van der Waals surface area contributed by atoms with Gasteiger partial charge in [-0.05, 0) is 35.9 Å². The van der Waals surface area contributed by atoms with Crippen molar-refractivity contribution in [3.8, 4) is 28.7 Å². The van der Waals surface area contributed by atoms with Gasteiger partial charge < -0.3 is 29.2 Å². The molecule has 0 aromatic heterocycles. The quantitative estimate of drug-likeness (QED) is 0.387. The summed E-state index contributed by atoms with van der Waals surface area (Å²) in [7, 11) is 4.96. The van der Waals surface area contributed by atoms with Gasteiger partial charge in [-0.1, -0.05) is 36.4 Å². The highest BCUT2D eigenvalue weighted by atomic mass is 16.5. The molecule has 0 amide bonds. The number of carboxylic acids is 2. The summed E-state index contributed by atoms with van der Waals surface area (Å²) in [6, 6.07) is 22.3. The van der Waals surface area contributed by atoms with Crippen LogP contribution in [0.4, 0.5) is 0 Å². The van der Waals surface area contributed by atoms with E-state index in [0.29, 0.717) is 11.5 Å². The van der Waals surface area contributed by atoms with Gasteiger partial charge in [0.25, 0.3) is 0 Å². The summed E-state index contributed by atoms with van der Waals surface area (Å²) >= 11 is 0. The van der Waals surface area contributed by atoms with Crippen molar-refractivity contribution in [3.05, 3.63) is 77.9 Å². The maximum atomic E-state index is 9.10. The SMILES string of the molecule is COc1ccc(CN2CCN(Cc3cccc(Oc4ccccc4)c3)CC2)c(OC)c1OC.O=C(O)C(=O)O. The highest BCUT2D eigenvalue weighted by Crippen LogP contribution is 2.40. The van der Waals surface area contributed by atoms with E-state index >= 15 is 0 Å². The van der Waals surface area contributed by atoms with Crippen molar-refractivity contribution >= 4 is 11.9 Å². The molecule has 3 aromatic rings. The first-order chi connectivity index (χ1) is 18.8. The van der Waals surface area contributed by atoms with E-state index in [4.69, 9.17) is 38.7 Å². The Labute approximate surface area is 227 Å². The van der Waals surface area contributed by atoms with E-state index in [1.807, 2.05) is 42.5 Å². The van der Waals surface area contributed by atoms with Gasteiger partial charge in [0.05, 0.1) is 21.3 Å². The molecule has 10 nitrogen and oxygen atoms in total. The molecule has 2 N–H and O–H groups in total. The van der Waals surface area contributed by atoms with Crippen molar-refractivity contribution in [1.82, 2.24) is 9.80 Å². The number of nitrogens with zero attached hydrogens (tertiary/aromatic N) is 2. The Morgan fingerprint density at radius 1 is 0.692 bits per heavy atom. The smallest absolute Gasteiger partial charge is 0.414 e. The van der Waals surface area contributed by atoms with E-state index < -0.39 is 11.9 Å². The zero-order valence-corrected chi connectivity index (χ0v) is 22.3. The molecule has 10 heteroatoms. The molecular weight excluding hydrogens is 504 g/mol. The molecule has 0 unspecified atom stereocenters. The molecular formula is C29H34N2O8. The summed E-state index contributed by atoms with van der Waals surface area (Å²) in [5.41, 5.74) is 2.37. The van der Waals surface area contributed by atoms with Gasteiger partial charge in [-0.3, -0.25) is 9.80 Å². The van der Waals surface area contributed by atoms with E-state index in [1.165, 1.54) is 5.56 Å². The van der Waals surface area contributed by atoms with Crippen LogP contribution in [-0.4, -0.2) is 79.5 Å². The van der Waals surface area contributed by atoms with Gasteiger partial charge in [-0.25, -0.2) is 9.59 Å². The number of benzene rings is 3. The number of hydrogen-bond donors (Lipinski definition) is 2. The molecule has 39 heavy (non-hydrogen) atoms.